The summed E-state index contributed by atoms with van der Waals surface area (Å²) in [5.41, 5.74) is 2.35. The van der Waals surface area contributed by atoms with Crippen molar-refractivity contribution in [1.82, 2.24) is 9.66 Å². The van der Waals surface area contributed by atoms with Gasteiger partial charge in [0.15, 0.2) is 6.61 Å². The van der Waals surface area contributed by atoms with Gasteiger partial charge in [-0.1, -0.05) is 84.7 Å². The van der Waals surface area contributed by atoms with Gasteiger partial charge in [0.25, 0.3) is 11.5 Å². The van der Waals surface area contributed by atoms with Gasteiger partial charge in [-0.3, -0.25) is 9.59 Å². The van der Waals surface area contributed by atoms with Crippen molar-refractivity contribution in [2.75, 3.05) is 11.9 Å². The number of amides is 1. The van der Waals surface area contributed by atoms with Crippen LogP contribution in [0.5, 0.6) is 5.75 Å². The number of halogens is 1. The van der Waals surface area contributed by atoms with E-state index in [0.717, 1.165) is 20.8 Å². The third-order valence-corrected chi connectivity index (χ3v) is 6.90. The van der Waals surface area contributed by atoms with Crippen LogP contribution in [0.4, 0.5) is 5.69 Å². The van der Waals surface area contributed by atoms with Crippen molar-refractivity contribution in [1.29, 1.82) is 0 Å². The van der Waals surface area contributed by atoms with Gasteiger partial charge < -0.3 is 10.1 Å². The fraction of sp³-hybridized carbons (Fsp3) is 0.188. The Morgan fingerprint density at radius 3 is 2.52 bits per heavy atom. The number of ether oxygens (including phenoxy) is 1. The minimum Gasteiger partial charge on any atom is -0.483 e. The van der Waals surface area contributed by atoms with Crippen LogP contribution in [0.15, 0.2) is 93.2 Å². The summed E-state index contributed by atoms with van der Waals surface area (Å²) in [6, 6.07) is 24.6. The van der Waals surface area contributed by atoms with Gasteiger partial charge in [-0.05, 0) is 54.1 Å². The number of anilines is 1. The monoisotopic (exact) mass is 596 g/mol. The lowest BCUT2D eigenvalue weighted by molar-refractivity contribution is -0.118. The van der Waals surface area contributed by atoms with Crippen LogP contribution in [-0.4, -0.2) is 28.4 Å². The Labute approximate surface area is 240 Å². The van der Waals surface area contributed by atoms with Crippen molar-refractivity contribution in [3.05, 3.63) is 111 Å². The molecule has 40 heavy (non-hydrogen) atoms. The van der Waals surface area contributed by atoms with Crippen molar-refractivity contribution in [2.24, 2.45) is 5.10 Å². The van der Waals surface area contributed by atoms with Crippen molar-refractivity contribution in [3.8, 4) is 5.75 Å². The zero-order valence-corrected chi connectivity index (χ0v) is 24.3. The first kappa shape index (κ1) is 27.3. The molecule has 5 aromatic rings. The lowest BCUT2D eigenvalue weighted by Crippen LogP contribution is -2.29. The highest BCUT2D eigenvalue weighted by Gasteiger charge is 2.23. The largest absolute Gasteiger partial charge is 0.483 e. The molecule has 0 atom stereocenters. The molecule has 4 aromatic carbocycles. The Balaban J connectivity index is 1.54. The topological polar surface area (TPSA) is 85.6 Å². The van der Waals surface area contributed by atoms with Gasteiger partial charge >= 0.3 is 0 Å². The average Bonchev–Trinajstić information content (AvgIpc) is 2.92. The van der Waals surface area contributed by atoms with Gasteiger partial charge in [0.2, 0.25) is 0 Å². The van der Waals surface area contributed by atoms with Gasteiger partial charge in [0, 0.05) is 21.1 Å². The number of nitrogens with one attached hydrogen (secondary N) is 1. The Morgan fingerprint density at radius 1 is 1.02 bits per heavy atom. The van der Waals surface area contributed by atoms with E-state index in [9.17, 15) is 9.59 Å². The zero-order valence-electron chi connectivity index (χ0n) is 22.7. The van der Waals surface area contributed by atoms with E-state index in [2.05, 4.69) is 26.3 Å². The van der Waals surface area contributed by atoms with Crippen LogP contribution in [0, 0.1) is 6.92 Å². The standard InChI is InChI=1S/C32H29BrN4O3/c1-20-9-13-23(14-10-20)35-29(38)19-40-28-16-11-21-7-5-6-8-24(21)26(28)18-34-37-30(39)25-17-22(33)12-15-27(25)36-31(37)32(2,3)4/h5-18H,19H2,1-4H3,(H,35,38). The minimum absolute atomic E-state index is 0.189. The maximum Gasteiger partial charge on any atom is 0.282 e. The van der Waals surface area contributed by atoms with Gasteiger partial charge in [-0.25, -0.2) is 4.98 Å². The molecule has 0 radical (unpaired) electrons. The fourth-order valence-electron chi connectivity index (χ4n) is 4.37. The second-order valence-electron chi connectivity index (χ2n) is 10.6. The molecule has 0 bridgehead atoms. The molecule has 0 saturated carbocycles. The first-order chi connectivity index (χ1) is 19.1. The molecule has 0 saturated heterocycles. The number of nitrogens with zero attached hydrogens (tertiary/aromatic N) is 3. The van der Waals surface area contributed by atoms with Gasteiger partial charge in [-0.2, -0.15) is 9.78 Å². The van der Waals surface area contributed by atoms with E-state index in [-0.39, 0.29) is 18.1 Å². The number of fused-ring (bicyclic) bond motifs is 2. The Kier molecular flexibility index (Phi) is 7.54. The van der Waals surface area contributed by atoms with Crippen molar-refractivity contribution in [2.45, 2.75) is 33.1 Å². The van der Waals surface area contributed by atoms with E-state index in [1.807, 2.05) is 100 Å². The van der Waals surface area contributed by atoms with Crippen LogP contribution in [0.2, 0.25) is 0 Å². The van der Waals surface area contributed by atoms with Crippen molar-refractivity contribution < 1.29 is 9.53 Å². The lowest BCUT2D eigenvalue weighted by atomic mass is 9.95. The van der Waals surface area contributed by atoms with Crippen LogP contribution in [0.1, 0.15) is 37.7 Å². The molecular weight excluding hydrogens is 568 g/mol. The quantitative estimate of drug-likeness (QED) is 0.218. The fourth-order valence-corrected chi connectivity index (χ4v) is 4.73. The van der Waals surface area contributed by atoms with Crippen LogP contribution in [0.25, 0.3) is 21.7 Å². The molecule has 8 heteroatoms. The predicted octanol–water partition coefficient (Wildman–Crippen LogP) is 6.82. The molecule has 1 N–H and O–H groups in total. The molecule has 1 amide bonds. The third kappa shape index (κ3) is 5.82. The molecule has 0 spiro atoms. The zero-order chi connectivity index (χ0) is 28.4. The number of aromatic nitrogens is 2. The molecule has 0 aliphatic rings. The molecule has 7 nitrogen and oxygen atoms in total. The molecule has 1 aromatic heterocycles. The van der Waals surface area contributed by atoms with E-state index in [1.54, 1.807) is 12.3 Å². The van der Waals surface area contributed by atoms with Crippen molar-refractivity contribution >= 4 is 55.4 Å². The molecule has 0 fully saturated rings. The second-order valence-corrected chi connectivity index (χ2v) is 11.5. The highest BCUT2D eigenvalue weighted by Crippen LogP contribution is 2.28. The van der Waals surface area contributed by atoms with Crippen LogP contribution in [-0.2, 0) is 10.2 Å². The molecular formula is C32H29BrN4O3. The van der Waals surface area contributed by atoms with Crippen molar-refractivity contribution in [3.63, 3.8) is 0 Å². The van der Waals surface area contributed by atoms with Crippen LogP contribution in [0.3, 0.4) is 0 Å². The predicted molar refractivity (Wildman–Crippen MR) is 165 cm³/mol. The highest BCUT2D eigenvalue weighted by atomic mass is 79.9. The summed E-state index contributed by atoms with van der Waals surface area (Å²) in [4.78, 5) is 31.1. The maximum atomic E-state index is 13.6. The molecule has 0 aliphatic carbocycles. The van der Waals surface area contributed by atoms with E-state index < -0.39 is 5.41 Å². The Hall–Kier alpha value is -4.30. The molecule has 1 heterocycles. The van der Waals surface area contributed by atoms with Gasteiger partial charge in [0.05, 0.1) is 17.1 Å². The maximum absolute atomic E-state index is 13.6. The summed E-state index contributed by atoms with van der Waals surface area (Å²) >= 11 is 3.45. The number of rotatable bonds is 6. The number of carbonyl (C=O) groups excluding carboxylic acids is 1. The summed E-state index contributed by atoms with van der Waals surface area (Å²) in [5.74, 6) is 0.725. The summed E-state index contributed by atoms with van der Waals surface area (Å²) in [6.45, 7) is 7.77. The van der Waals surface area contributed by atoms with E-state index in [1.165, 1.54) is 4.68 Å². The highest BCUT2D eigenvalue weighted by molar-refractivity contribution is 9.10. The first-order valence-corrected chi connectivity index (χ1v) is 13.7. The summed E-state index contributed by atoms with van der Waals surface area (Å²) in [7, 11) is 0. The summed E-state index contributed by atoms with van der Waals surface area (Å²) < 4.78 is 8.13. The summed E-state index contributed by atoms with van der Waals surface area (Å²) in [5, 5.41) is 9.82. The smallest absolute Gasteiger partial charge is 0.282 e. The molecule has 0 aliphatic heterocycles. The lowest BCUT2D eigenvalue weighted by Gasteiger charge is -2.21. The molecule has 202 valence electrons. The normalized spacial score (nSPS) is 11.8. The number of aryl methyl sites for hydroxylation is 1. The van der Waals surface area contributed by atoms with Gasteiger partial charge in [0.1, 0.15) is 11.6 Å². The molecule has 5 rings (SSSR count). The number of hydrogen-bond donors (Lipinski definition) is 1. The first-order valence-electron chi connectivity index (χ1n) is 12.9. The van der Waals surface area contributed by atoms with Crippen LogP contribution < -0.4 is 15.6 Å². The van der Waals surface area contributed by atoms with E-state index in [0.29, 0.717) is 33.7 Å². The average molecular weight is 598 g/mol. The number of carbonyl (C=O) groups is 1. The van der Waals surface area contributed by atoms with E-state index >= 15 is 0 Å². The Morgan fingerprint density at radius 2 is 1.77 bits per heavy atom. The second kappa shape index (κ2) is 11.1. The minimum atomic E-state index is -0.454. The SMILES string of the molecule is Cc1ccc(NC(=O)COc2ccc3ccccc3c2C=Nn2c(C(C)(C)C)nc3ccc(Br)cc3c2=O)cc1. The van der Waals surface area contributed by atoms with E-state index in [4.69, 9.17) is 9.72 Å². The number of hydrogen-bond acceptors (Lipinski definition) is 5. The third-order valence-electron chi connectivity index (χ3n) is 6.41. The Bertz CT molecular complexity index is 1820. The van der Waals surface area contributed by atoms with Crippen LogP contribution >= 0.6 is 15.9 Å². The summed E-state index contributed by atoms with van der Waals surface area (Å²) in [6.07, 6.45) is 1.61. The molecule has 0 unspecified atom stereocenters. The number of benzene rings is 4. The van der Waals surface area contributed by atoms with Gasteiger partial charge in [-0.15, -0.1) is 0 Å².